The Labute approximate surface area is 103 Å². The Bertz CT molecular complexity index is 447. The molecule has 1 atom stereocenters. The van der Waals surface area contributed by atoms with Gasteiger partial charge in [0.05, 0.1) is 12.6 Å². The van der Waals surface area contributed by atoms with Crippen LogP contribution in [0.3, 0.4) is 0 Å². The summed E-state index contributed by atoms with van der Waals surface area (Å²) >= 11 is 3.60. The predicted octanol–water partition coefficient (Wildman–Crippen LogP) is 1.48. The number of nitrogens with one attached hydrogen (secondary N) is 1. The van der Waals surface area contributed by atoms with Crippen LogP contribution in [0.1, 0.15) is 17.2 Å². The molecule has 1 aromatic rings. The molecule has 0 bridgehead atoms. The second kappa shape index (κ2) is 3.86. The van der Waals surface area contributed by atoms with Gasteiger partial charge in [-0.2, -0.15) is 0 Å². The number of halogens is 1. The number of hydrogen-bond donors (Lipinski definition) is 1. The zero-order valence-electron chi connectivity index (χ0n) is 8.87. The summed E-state index contributed by atoms with van der Waals surface area (Å²) in [6, 6.07) is 6.50. The first-order valence-electron chi connectivity index (χ1n) is 5.55. The van der Waals surface area contributed by atoms with Crippen molar-refractivity contribution in [2.75, 3.05) is 19.6 Å². The smallest absolute Gasteiger partial charge is 0.237 e. The molecule has 3 nitrogen and oxygen atoms in total. The molecule has 1 fully saturated rings. The van der Waals surface area contributed by atoms with Crippen LogP contribution in [0.25, 0.3) is 0 Å². The van der Waals surface area contributed by atoms with E-state index in [0.29, 0.717) is 6.54 Å². The van der Waals surface area contributed by atoms with Crippen molar-refractivity contribution in [3.8, 4) is 0 Å². The van der Waals surface area contributed by atoms with Gasteiger partial charge in [-0.3, -0.25) is 4.79 Å². The van der Waals surface area contributed by atoms with Crippen LogP contribution in [0.2, 0.25) is 0 Å². The molecule has 1 unspecified atom stereocenters. The Kier molecular flexibility index (Phi) is 2.48. The number of piperazine rings is 1. The van der Waals surface area contributed by atoms with Crippen LogP contribution < -0.4 is 5.32 Å². The predicted molar refractivity (Wildman–Crippen MR) is 65.2 cm³/mol. The van der Waals surface area contributed by atoms with Gasteiger partial charge in [-0.15, -0.1) is 0 Å². The van der Waals surface area contributed by atoms with Crippen molar-refractivity contribution in [2.45, 2.75) is 12.5 Å². The Morgan fingerprint density at radius 2 is 2.31 bits per heavy atom. The number of amides is 1. The molecule has 0 aromatic heterocycles. The SMILES string of the molecule is O=C1CNCC2c3c(Br)cccc3CCN12. The van der Waals surface area contributed by atoms with Gasteiger partial charge >= 0.3 is 0 Å². The lowest BCUT2D eigenvalue weighted by atomic mass is 9.91. The number of carbonyl (C=O) groups is 1. The summed E-state index contributed by atoms with van der Waals surface area (Å²) in [4.78, 5) is 13.8. The Balaban J connectivity index is 2.08. The van der Waals surface area contributed by atoms with E-state index in [1.165, 1.54) is 11.1 Å². The van der Waals surface area contributed by atoms with Crippen LogP contribution in [-0.2, 0) is 11.2 Å². The van der Waals surface area contributed by atoms with Gasteiger partial charge in [0.15, 0.2) is 0 Å². The van der Waals surface area contributed by atoms with Gasteiger partial charge in [0.2, 0.25) is 5.91 Å². The number of rotatable bonds is 0. The minimum absolute atomic E-state index is 0.209. The van der Waals surface area contributed by atoms with E-state index in [9.17, 15) is 4.79 Å². The van der Waals surface area contributed by atoms with Crippen molar-refractivity contribution >= 4 is 21.8 Å². The lowest BCUT2D eigenvalue weighted by Gasteiger charge is -2.41. The Hall–Kier alpha value is -0.870. The molecular formula is C12H13BrN2O. The molecule has 3 rings (SSSR count). The first-order valence-corrected chi connectivity index (χ1v) is 6.34. The van der Waals surface area contributed by atoms with Crippen LogP contribution >= 0.6 is 15.9 Å². The number of hydrogen-bond acceptors (Lipinski definition) is 2. The monoisotopic (exact) mass is 280 g/mol. The van der Waals surface area contributed by atoms with E-state index in [0.717, 1.165) is 24.0 Å². The fourth-order valence-corrected chi connectivity index (χ4v) is 3.33. The molecule has 0 aliphatic carbocycles. The van der Waals surface area contributed by atoms with Gasteiger partial charge in [-0.25, -0.2) is 0 Å². The highest BCUT2D eigenvalue weighted by Gasteiger charge is 2.34. The minimum Gasteiger partial charge on any atom is -0.333 e. The highest BCUT2D eigenvalue weighted by atomic mass is 79.9. The summed E-state index contributed by atoms with van der Waals surface area (Å²) in [5.74, 6) is 0.220. The van der Waals surface area contributed by atoms with E-state index in [4.69, 9.17) is 0 Å². The van der Waals surface area contributed by atoms with Crippen molar-refractivity contribution in [3.05, 3.63) is 33.8 Å². The molecule has 0 radical (unpaired) electrons. The number of benzene rings is 1. The van der Waals surface area contributed by atoms with E-state index in [-0.39, 0.29) is 11.9 Å². The first kappa shape index (κ1) is 10.3. The number of carbonyl (C=O) groups excluding carboxylic acids is 1. The van der Waals surface area contributed by atoms with Crippen molar-refractivity contribution in [1.82, 2.24) is 10.2 Å². The molecule has 2 aliphatic rings. The fourth-order valence-electron chi connectivity index (χ4n) is 2.65. The molecule has 84 valence electrons. The second-order valence-electron chi connectivity index (χ2n) is 4.30. The van der Waals surface area contributed by atoms with Crippen molar-refractivity contribution in [3.63, 3.8) is 0 Å². The summed E-state index contributed by atoms with van der Waals surface area (Å²) in [7, 11) is 0. The molecular weight excluding hydrogens is 268 g/mol. The van der Waals surface area contributed by atoms with E-state index < -0.39 is 0 Å². The van der Waals surface area contributed by atoms with Crippen LogP contribution in [0.5, 0.6) is 0 Å². The summed E-state index contributed by atoms with van der Waals surface area (Å²) in [5, 5.41) is 3.19. The molecule has 1 saturated heterocycles. The normalized spacial score (nSPS) is 23.9. The van der Waals surface area contributed by atoms with Crippen LogP contribution in [0.15, 0.2) is 22.7 Å². The average Bonchev–Trinajstić information content (AvgIpc) is 2.29. The minimum atomic E-state index is 0.209. The van der Waals surface area contributed by atoms with Gasteiger partial charge in [0.1, 0.15) is 0 Å². The van der Waals surface area contributed by atoms with Crippen LogP contribution in [0.4, 0.5) is 0 Å². The van der Waals surface area contributed by atoms with E-state index >= 15 is 0 Å². The maximum atomic E-state index is 11.8. The molecule has 1 aromatic carbocycles. The summed E-state index contributed by atoms with van der Waals surface area (Å²) in [6.45, 7) is 2.20. The van der Waals surface area contributed by atoms with Gasteiger partial charge in [-0.1, -0.05) is 28.1 Å². The molecule has 1 amide bonds. The molecule has 1 N–H and O–H groups in total. The quantitative estimate of drug-likeness (QED) is 0.781. The topological polar surface area (TPSA) is 32.3 Å². The lowest BCUT2D eigenvalue weighted by molar-refractivity contribution is -0.135. The van der Waals surface area contributed by atoms with Gasteiger partial charge in [0.25, 0.3) is 0 Å². The lowest BCUT2D eigenvalue weighted by Crippen LogP contribution is -2.52. The van der Waals surface area contributed by atoms with Gasteiger partial charge < -0.3 is 10.2 Å². The van der Waals surface area contributed by atoms with Crippen LogP contribution in [-0.4, -0.2) is 30.4 Å². The largest absolute Gasteiger partial charge is 0.333 e. The first-order chi connectivity index (χ1) is 7.77. The number of fused-ring (bicyclic) bond motifs is 3. The van der Waals surface area contributed by atoms with Crippen molar-refractivity contribution in [1.29, 1.82) is 0 Å². The molecule has 0 saturated carbocycles. The van der Waals surface area contributed by atoms with Crippen molar-refractivity contribution < 1.29 is 4.79 Å². The summed E-state index contributed by atoms with van der Waals surface area (Å²) in [5.41, 5.74) is 2.65. The Morgan fingerprint density at radius 3 is 3.19 bits per heavy atom. The van der Waals surface area contributed by atoms with E-state index in [1.54, 1.807) is 0 Å². The second-order valence-corrected chi connectivity index (χ2v) is 5.15. The third-order valence-corrected chi connectivity index (χ3v) is 4.10. The van der Waals surface area contributed by atoms with Gasteiger partial charge in [0, 0.05) is 17.6 Å². The van der Waals surface area contributed by atoms with Crippen molar-refractivity contribution in [2.24, 2.45) is 0 Å². The van der Waals surface area contributed by atoms with Crippen LogP contribution in [0, 0.1) is 0 Å². The number of nitrogens with zero attached hydrogens (tertiary/aromatic N) is 1. The highest BCUT2D eigenvalue weighted by molar-refractivity contribution is 9.10. The molecule has 16 heavy (non-hydrogen) atoms. The summed E-state index contributed by atoms with van der Waals surface area (Å²) in [6.07, 6.45) is 0.969. The third-order valence-electron chi connectivity index (χ3n) is 3.41. The highest BCUT2D eigenvalue weighted by Crippen LogP contribution is 2.35. The summed E-state index contributed by atoms with van der Waals surface area (Å²) < 4.78 is 1.12. The van der Waals surface area contributed by atoms with E-state index in [1.807, 2.05) is 4.90 Å². The Morgan fingerprint density at radius 1 is 1.44 bits per heavy atom. The molecule has 0 spiro atoms. The maximum Gasteiger partial charge on any atom is 0.237 e. The molecule has 2 aliphatic heterocycles. The zero-order valence-corrected chi connectivity index (χ0v) is 10.5. The fraction of sp³-hybridized carbons (Fsp3) is 0.417. The molecule has 4 heteroatoms. The standard InChI is InChI=1S/C12H13BrN2O/c13-9-3-1-2-8-4-5-15-10(12(8)9)6-14-7-11(15)16/h1-3,10,14H,4-7H2. The van der Waals surface area contributed by atoms with E-state index in [2.05, 4.69) is 39.4 Å². The van der Waals surface area contributed by atoms with Gasteiger partial charge in [-0.05, 0) is 23.6 Å². The molecule has 2 heterocycles. The zero-order chi connectivity index (χ0) is 11.1. The third kappa shape index (κ3) is 1.48. The maximum absolute atomic E-state index is 11.8. The average molecular weight is 281 g/mol.